The molecule has 0 amide bonds. The normalized spacial score (nSPS) is 25.5. The first-order valence-electron chi connectivity index (χ1n) is 3.66. The zero-order chi connectivity index (χ0) is 8.48. The van der Waals surface area contributed by atoms with Crippen LogP contribution in [0.2, 0.25) is 0 Å². The van der Waals surface area contributed by atoms with Gasteiger partial charge in [0.05, 0.1) is 0 Å². The molecule has 0 bridgehead atoms. The van der Waals surface area contributed by atoms with Gasteiger partial charge in [-0.1, -0.05) is 0 Å². The van der Waals surface area contributed by atoms with Crippen LogP contribution < -0.4 is 57.1 Å². The third kappa shape index (κ3) is 5.21. The number of likely N-dealkylation sites (tertiary alicyclic amines) is 1. The molecule has 0 spiro atoms. The van der Waals surface area contributed by atoms with Gasteiger partial charge in [-0.25, -0.2) is 0 Å². The molecule has 0 saturated carbocycles. The van der Waals surface area contributed by atoms with E-state index in [4.69, 9.17) is 5.73 Å². The van der Waals surface area contributed by atoms with Gasteiger partial charge in [-0.2, -0.15) is 0 Å². The molecule has 66 valence electrons. The summed E-state index contributed by atoms with van der Waals surface area (Å²) in [5.74, 6) is 0. The molecule has 1 unspecified atom stereocenters. The van der Waals surface area contributed by atoms with E-state index >= 15 is 0 Å². The summed E-state index contributed by atoms with van der Waals surface area (Å²) in [6.07, 6.45) is -0.0696. The number of hydrogen-bond acceptors (Lipinski definition) is 2. The molecule has 1 atom stereocenters. The summed E-state index contributed by atoms with van der Waals surface area (Å²) in [4.78, 5) is 1.37. The minimum absolute atomic E-state index is 0. The van der Waals surface area contributed by atoms with Crippen molar-refractivity contribution < 1.29 is 64.3 Å². The van der Waals surface area contributed by atoms with Crippen molar-refractivity contribution in [1.29, 1.82) is 0 Å². The quantitative estimate of drug-likeness (QED) is 0.502. The maximum Gasteiger partial charge on any atom is 1.00 e. The van der Waals surface area contributed by atoms with Gasteiger partial charge in [0.25, 0.3) is 0 Å². The first-order chi connectivity index (χ1) is 4.97. The Morgan fingerprint density at radius 3 is 2.33 bits per heavy atom. The Hall–Kier alpha value is 1.41. The Morgan fingerprint density at radius 1 is 1.42 bits per heavy atom. The monoisotopic (exact) mass is 206 g/mol. The van der Waals surface area contributed by atoms with Crippen molar-refractivity contribution >= 4 is 6.98 Å². The second kappa shape index (κ2) is 5.33. The van der Waals surface area contributed by atoms with Crippen molar-refractivity contribution in [2.75, 3.05) is 19.5 Å². The predicted molar refractivity (Wildman–Crippen MR) is 38.1 cm³/mol. The van der Waals surface area contributed by atoms with Crippen LogP contribution in [-0.2, 0) is 0 Å². The van der Waals surface area contributed by atoms with Crippen LogP contribution in [0.25, 0.3) is 0 Å². The molecule has 1 rings (SSSR count). The number of nitrogens with two attached hydrogens (primary N) is 1. The van der Waals surface area contributed by atoms with Gasteiger partial charge >= 0.3 is 58.4 Å². The zero-order valence-electron chi connectivity index (χ0n) is 7.14. The largest absolute Gasteiger partial charge is 1.00 e. The van der Waals surface area contributed by atoms with Gasteiger partial charge in [-0.05, 0) is 19.4 Å². The molecule has 1 fully saturated rings. The van der Waals surface area contributed by atoms with Crippen molar-refractivity contribution in [3.8, 4) is 0 Å². The van der Waals surface area contributed by atoms with Gasteiger partial charge in [0.15, 0.2) is 0 Å². The molecule has 0 aliphatic carbocycles. The summed E-state index contributed by atoms with van der Waals surface area (Å²) < 4.78 is 35.4. The zero-order valence-corrected chi connectivity index (χ0v) is 10.3. The number of hydrogen-bond donors (Lipinski definition) is 1. The molecule has 2 nitrogen and oxygen atoms in total. The molecule has 2 N–H and O–H groups in total. The fourth-order valence-electron chi connectivity index (χ4n) is 1.32. The average molecular weight is 206 g/mol. The molecule has 1 aliphatic rings. The molecular weight excluding hydrogens is 195 g/mol. The molecule has 0 aromatic carbocycles. The van der Waals surface area contributed by atoms with Crippen LogP contribution in [0.15, 0.2) is 0 Å². The summed E-state index contributed by atoms with van der Waals surface area (Å²) in [6, 6.07) is -0.0619. The van der Waals surface area contributed by atoms with E-state index in [1.807, 2.05) is 0 Å². The van der Waals surface area contributed by atoms with E-state index in [0.717, 1.165) is 0 Å². The van der Waals surface area contributed by atoms with Gasteiger partial charge in [0.1, 0.15) is 0 Å². The summed E-state index contributed by atoms with van der Waals surface area (Å²) >= 11 is 0. The Bertz CT molecular complexity index is 143. The summed E-state index contributed by atoms with van der Waals surface area (Å²) in [5, 5.41) is 0. The molecule has 7 heteroatoms. The van der Waals surface area contributed by atoms with Crippen LogP contribution >= 0.6 is 0 Å². The third-order valence-corrected chi connectivity index (χ3v) is 1.77. The summed E-state index contributed by atoms with van der Waals surface area (Å²) in [7, 11) is 0. The minimum atomic E-state index is -4.67. The van der Waals surface area contributed by atoms with E-state index in [0.29, 0.717) is 19.5 Å². The average Bonchev–Trinajstić information content (AvgIpc) is 2.10. The molecular formula is C5H11BF3KN2. The molecule has 1 aliphatic heterocycles. The Balaban J connectivity index is 0.00000121. The van der Waals surface area contributed by atoms with E-state index in [1.54, 1.807) is 0 Å². The van der Waals surface area contributed by atoms with Crippen LogP contribution in [0.5, 0.6) is 0 Å². The van der Waals surface area contributed by atoms with E-state index in [9.17, 15) is 12.9 Å². The van der Waals surface area contributed by atoms with Crippen LogP contribution in [0, 0.1) is 0 Å². The Labute approximate surface area is 113 Å². The predicted octanol–water partition coefficient (Wildman–Crippen LogP) is -2.59. The first kappa shape index (κ1) is 13.4. The minimum Gasteiger partial charge on any atom is -0.448 e. The van der Waals surface area contributed by atoms with Crippen molar-refractivity contribution in [2.45, 2.75) is 12.5 Å². The fraction of sp³-hybridized carbons (Fsp3) is 1.00. The van der Waals surface area contributed by atoms with Crippen LogP contribution in [0.3, 0.4) is 0 Å². The van der Waals surface area contributed by atoms with Gasteiger partial charge < -0.3 is 23.6 Å². The maximum absolute atomic E-state index is 11.8. The number of halogens is 3. The fourth-order valence-corrected chi connectivity index (χ4v) is 1.32. The van der Waals surface area contributed by atoms with E-state index in [-0.39, 0.29) is 57.4 Å². The maximum atomic E-state index is 11.8. The van der Waals surface area contributed by atoms with Crippen LogP contribution in [0.4, 0.5) is 12.9 Å². The molecule has 12 heavy (non-hydrogen) atoms. The van der Waals surface area contributed by atoms with Crippen LogP contribution in [0.1, 0.15) is 6.42 Å². The van der Waals surface area contributed by atoms with Gasteiger partial charge in [-0.15, -0.1) is 0 Å². The van der Waals surface area contributed by atoms with Crippen molar-refractivity contribution in [3.05, 3.63) is 0 Å². The van der Waals surface area contributed by atoms with Crippen molar-refractivity contribution in [3.63, 3.8) is 0 Å². The molecule has 0 aromatic rings. The van der Waals surface area contributed by atoms with Crippen molar-refractivity contribution in [1.82, 2.24) is 4.90 Å². The van der Waals surface area contributed by atoms with Gasteiger partial charge in [-0.3, -0.25) is 0 Å². The molecule has 1 saturated heterocycles. The summed E-state index contributed by atoms with van der Waals surface area (Å²) in [5.41, 5.74) is 5.44. The number of nitrogens with zero attached hydrogens (tertiary/aromatic N) is 1. The molecule has 1 heterocycles. The molecule has 0 aromatic heterocycles. The Kier molecular flexibility index (Phi) is 5.96. The van der Waals surface area contributed by atoms with Gasteiger partial charge in [0, 0.05) is 12.6 Å². The SMILES string of the molecule is NC1CCN(C[B-](F)(F)F)C1.[K+]. The van der Waals surface area contributed by atoms with E-state index in [1.165, 1.54) is 4.90 Å². The second-order valence-corrected chi connectivity index (χ2v) is 3.02. The molecule has 0 radical (unpaired) electrons. The van der Waals surface area contributed by atoms with Gasteiger partial charge in [0.2, 0.25) is 0 Å². The second-order valence-electron chi connectivity index (χ2n) is 3.02. The topological polar surface area (TPSA) is 29.3 Å². The number of rotatable bonds is 2. The smallest absolute Gasteiger partial charge is 0.448 e. The van der Waals surface area contributed by atoms with Crippen LogP contribution in [-0.4, -0.2) is 37.5 Å². The van der Waals surface area contributed by atoms with Crippen molar-refractivity contribution in [2.24, 2.45) is 5.73 Å². The standard InChI is InChI=1S/C5H11BF3N2.K/c7-6(8,9)4-11-2-1-5(10)3-11;/h5H,1-4,10H2;/q-1;+1. The first-order valence-corrected chi connectivity index (χ1v) is 3.66. The summed E-state index contributed by atoms with van der Waals surface area (Å²) in [6.45, 7) is -3.79. The van der Waals surface area contributed by atoms with E-state index in [2.05, 4.69) is 0 Å². The third-order valence-electron chi connectivity index (χ3n) is 1.77. The van der Waals surface area contributed by atoms with E-state index < -0.39 is 13.4 Å². The Morgan fingerprint density at radius 2 is 2.00 bits per heavy atom.